The fraction of sp³-hybridized carbons (Fsp3) is 0.727. The van der Waals surface area contributed by atoms with Crippen LogP contribution in [0.4, 0.5) is 5.69 Å². The maximum absolute atomic E-state index is 11.6. The molecule has 2 atom stereocenters. The summed E-state index contributed by atoms with van der Waals surface area (Å²) in [6.45, 7) is 5.27. The summed E-state index contributed by atoms with van der Waals surface area (Å²) in [5.74, 6) is 1.02. The number of benzene rings is 1. The van der Waals surface area contributed by atoms with Crippen LogP contribution in [-0.2, 0) is 0 Å². The quantitative estimate of drug-likeness (QED) is 0.833. The van der Waals surface area contributed by atoms with E-state index in [4.69, 9.17) is 11.6 Å². The van der Waals surface area contributed by atoms with Gasteiger partial charge in [-0.25, -0.2) is 0 Å². The average Bonchev–Trinajstić information content (AvgIpc) is 3.20. The molecule has 1 aromatic carbocycles. The lowest BCUT2D eigenvalue weighted by molar-refractivity contribution is -0.102. The molecule has 3 nitrogen and oxygen atoms in total. The molecule has 2 aliphatic carbocycles. The number of hydrogen-bond donors (Lipinski definition) is 1. The molecule has 2 saturated carbocycles. The molecule has 3 aliphatic rings. The third-order valence-electron chi connectivity index (χ3n) is 7.19. The van der Waals surface area contributed by atoms with Crippen molar-refractivity contribution in [2.75, 3.05) is 37.6 Å². The smallest absolute Gasteiger partial charge is 0.0716 e. The number of hydrogen-bond acceptors (Lipinski definition) is 3. The maximum Gasteiger partial charge on any atom is 0.0716 e. The molecule has 2 unspecified atom stereocenters. The van der Waals surface area contributed by atoms with Crippen molar-refractivity contribution in [3.63, 3.8) is 0 Å². The zero-order chi connectivity index (χ0) is 18.0. The summed E-state index contributed by atoms with van der Waals surface area (Å²) in [7, 11) is 0. The summed E-state index contributed by atoms with van der Waals surface area (Å²) >= 11 is 6.37. The predicted octanol–water partition coefficient (Wildman–Crippen LogP) is 4.57. The van der Waals surface area contributed by atoms with Gasteiger partial charge in [0.25, 0.3) is 0 Å². The van der Waals surface area contributed by atoms with Crippen LogP contribution in [0.3, 0.4) is 0 Å². The monoisotopic (exact) mass is 376 g/mol. The molecule has 0 aromatic heterocycles. The fourth-order valence-corrected chi connectivity index (χ4v) is 5.91. The molecule has 0 radical (unpaired) electrons. The van der Waals surface area contributed by atoms with Crippen LogP contribution in [0.2, 0.25) is 5.02 Å². The van der Waals surface area contributed by atoms with Crippen molar-refractivity contribution in [3.8, 4) is 0 Å². The van der Waals surface area contributed by atoms with Gasteiger partial charge in [-0.2, -0.15) is 0 Å². The van der Waals surface area contributed by atoms with Crippen LogP contribution in [0, 0.1) is 11.8 Å². The van der Waals surface area contributed by atoms with Gasteiger partial charge in [-0.1, -0.05) is 49.4 Å². The van der Waals surface area contributed by atoms with Gasteiger partial charge in [0.2, 0.25) is 0 Å². The van der Waals surface area contributed by atoms with Gasteiger partial charge in [-0.05, 0) is 43.7 Å². The van der Waals surface area contributed by atoms with Crippen molar-refractivity contribution in [2.45, 2.75) is 57.0 Å². The minimum Gasteiger partial charge on any atom is -0.389 e. The van der Waals surface area contributed by atoms with E-state index in [0.717, 1.165) is 49.9 Å². The van der Waals surface area contributed by atoms with Gasteiger partial charge in [0.15, 0.2) is 0 Å². The Hall–Kier alpha value is -0.770. The molecular formula is C22H33ClN2O. The third kappa shape index (κ3) is 3.76. The summed E-state index contributed by atoms with van der Waals surface area (Å²) < 4.78 is 0. The lowest BCUT2D eigenvalue weighted by Crippen LogP contribution is -2.54. The second kappa shape index (κ2) is 8.08. The highest BCUT2D eigenvalue weighted by Gasteiger charge is 2.46. The molecule has 1 saturated heterocycles. The second-order valence-corrected chi connectivity index (χ2v) is 9.06. The zero-order valence-corrected chi connectivity index (χ0v) is 16.6. The van der Waals surface area contributed by atoms with E-state index in [0.29, 0.717) is 11.8 Å². The molecule has 4 rings (SSSR count). The van der Waals surface area contributed by atoms with E-state index in [1.807, 2.05) is 12.1 Å². The van der Waals surface area contributed by atoms with Crippen molar-refractivity contribution in [1.29, 1.82) is 0 Å². The summed E-state index contributed by atoms with van der Waals surface area (Å²) in [6.07, 6.45) is 9.86. The van der Waals surface area contributed by atoms with Gasteiger partial charge in [0.1, 0.15) is 0 Å². The van der Waals surface area contributed by atoms with Crippen LogP contribution in [0.5, 0.6) is 0 Å². The second-order valence-electron chi connectivity index (χ2n) is 8.65. The minimum absolute atomic E-state index is 0.394. The molecule has 0 amide bonds. The molecule has 1 heterocycles. The normalized spacial score (nSPS) is 31.5. The number of piperazine rings is 1. The Balaban J connectivity index is 1.36. The van der Waals surface area contributed by atoms with E-state index >= 15 is 0 Å². The SMILES string of the molecule is OC1(C2CCCC2)CCCCC1CN1CCN(c2ccccc2Cl)CC1. The van der Waals surface area contributed by atoms with E-state index in [1.54, 1.807) is 0 Å². The van der Waals surface area contributed by atoms with E-state index in [1.165, 1.54) is 44.9 Å². The molecule has 1 aromatic rings. The third-order valence-corrected chi connectivity index (χ3v) is 7.51. The van der Waals surface area contributed by atoms with E-state index in [-0.39, 0.29) is 0 Å². The first-order chi connectivity index (χ1) is 12.7. The van der Waals surface area contributed by atoms with Crippen molar-refractivity contribution in [2.24, 2.45) is 11.8 Å². The van der Waals surface area contributed by atoms with Gasteiger partial charge in [0, 0.05) is 38.6 Å². The predicted molar refractivity (Wildman–Crippen MR) is 109 cm³/mol. The molecule has 1 N–H and O–H groups in total. The number of rotatable bonds is 4. The Morgan fingerprint density at radius 3 is 2.38 bits per heavy atom. The Morgan fingerprint density at radius 2 is 1.65 bits per heavy atom. The maximum atomic E-state index is 11.6. The largest absolute Gasteiger partial charge is 0.389 e. The first-order valence-corrected chi connectivity index (χ1v) is 11.0. The summed E-state index contributed by atoms with van der Waals surface area (Å²) in [5.41, 5.74) is 0.767. The molecule has 0 bridgehead atoms. The Bertz CT molecular complexity index is 596. The Morgan fingerprint density at radius 1 is 0.962 bits per heavy atom. The number of aliphatic hydroxyl groups is 1. The van der Waals surface area contributed by atoms with Crippen LogP contribution in [-0.4, -0.2) is 48.3 Å². The lowest BCUT2D eigenvalue weighted by atomic mass is 9.67. The van der Waals surface area contributed by atoms with Crippen molar-refractivity contribution in [3.05, 3.63) is 29.3 Å². The molecule has 3 fully saturated rings. The summed E-state index contributed by atoms with van der Waals surface area (Å²) in [6, 6.07) is 8.16. The van der Waals surface area contributed by atoms with Gasteiger partial charge >= 0.3 is 0 Å². The minimum atomic E-state index is -0.394. The Labute approximate surface area is 163 Å². The average molecular weight is 377 g/mol. The first kappa shape index (κ1) is 18.6. The van der Waals surface area contributed by atoms with Gasteiger partial charge in [-0.15, -0.1) is 0 Å². The van der Waals surface area contributed by atoms with Crippen LogP contribution in [0.1, 0.15) is 51.4 Å². The lowest BCUT2D eigenvalue weighted by Gasteiger charge is -2.47. The van der Waals surface area contributed by atoms with Crippen LogP contribution < -0.4 is 4.90 Å². The molecule has 1 aliphatic heterocycles. The van der Waals surface area contributed by atoms with Crippen LogP contribution in [0.15, 0.2) is 24.3 Å². The number of para-hydroxylation sites is 1. The summed E-state index contributed by atoms with van der Waals surface area (Å²) in [5, 5.41) is 12.4. The molecule has 0 spiro atoms. The van der Waals surface area contributed by atoms with Crippen molar-refractivity contribution in [1.82, 2.24) is 4.90 Å². The number of anilines is 1. The van der Waals surface area contributed by atoms with Crippen LogP contribution in [0.25, 0.3) is 0 Å². The van der Waals surface area contributed by atoms with E-state index < -0.39 is 5.60 Å². The van der Waals surface area contributed by atoms with Gasteiger partial charge < -0.3 is 10.0 Å². The van der Waals surface area contributed by atoms with E-state index in [9.17, 15) is 5.11 Å². The number of nitrogens with zero attached hydrogens (tertiary/aromatic N) is 2. The summed E-state index contributed by atoms with van der Waals surface area (Å²) in [4.78, 5) is 4.99. The van der Waals surface area contributed by atoms with Gasteiger partial charge in [-0.3, -0.25) is 4.90 Å². The van der Waals surface area contributed by atoms with E-state index in [2.05, 4.69) is 21.9 Å². The van der Waals surface area contributed by atoms with Crippen molar-refractivity contribution < 1.29 is 5.11 Å². The zero-order valence-electron chi connectivity index (χ0n) is 15.9. The highest BCUT2D eigenvalue weighted by Crippen LogP contribution is 2.46. The standard InChI is InChI=1S/C22H33ClN2O/c23-20-10-3-4-11-21(20)25-15-13-24(14-16-25)17-19-9-5-6-12-22(19,26)18-7-1-2-8-18/h3-4,10-11,18-19,26H,1-2,5-9,12-17H2. The first-order valence-electron chi connectivity index (χ1n) is 10.6. The highest BCUT2D eigenvalue weighted by molar-refractivity contribution is 6.33. The molecular weight excluding hydrogens is 344 g/mol. The molecule has 144 valence electrons. The number of halogens is 1. The fourth-order valence-electron chi connectivity index (χ4n) is 5.66. The topological polar surface area (TPSA) is 26.7 Å². The Kier molecular flexibility index (Phi) is 5.78. The van der Waals surface area contributed by atoms with Crippen LogP contribution >= 0.6 is 11.6 Å². The molecule has 26 heavy (non-hydrogen) atoms. The molecule has 4 heteroatoms. The van der Waals surface area contributed by atoms with Gasteiger partial charge in [0.05, 0.1) is 16.3 Å². The van der Waals surface area contributed by atoms with Crippen molar-refractivity contribution >= 4 is 17.3 Å². The highest BCUT2D eigenvalue weighted by atomic mass is 35.5.